The van der Waals surface area contributed by atoms with Gasteiger partial charge in [0.1, 0.15) is 5.83 Å². The molecule has 0 spiro atoms. The van der Waals surface area contributed by atoms with Gasteiger partial charge in [-0.1, -0.05) is 28.6 Å². The Hall–Kier alpha value is -0.570. The molecule has 10 heavy (non-hydrogen) atoms. The van der Waals surface area contributed by atoms with Crippen molar-refractivity contribution in [3.05, 3.63) is 34.7 Å². The molecule has 0 saturated carbocycles. The van der Waals surface area contributed by atoms with E-state index in [1.54, 1.807) is 13.0 Å². The molecule has 0 rings (SSSR count). The Bertz CT molecular complexity index is 194. The van der Waals surface area contributed by atoms with E-state index >= 15 is 0 Å². The highest BCUT2D eigenvalue weighted by atomic mass is 79.9. The van der Waals surface area contributed by atoms with Crippen LogP contribution >= 0.6 is 15.9 Å². The van der Waals surface area contributed by atoms with Crippen LogP contribution in [-0.2, 0) is 0 Å². The molecule has 0 atom stereocenters. The maximum absolute atomic E-state index is 12.5. The fourth-order valence-electron chi connectivity index (χ4n) is 0.297. The molecule has 0 aliphatic rings. The topological polar surface area (TPSA) is 26.0 Å². The van der Waals surface area contributed by atoms with Gasteiger partial charge < -0.3 is 5.73 Å². The van der Waals surface area contributed by atoms with Crippen molar-refractivity contribution in [1.82, 2.24) is 0 Å². The SMILES string of the molecule is C=C(N)/C(F)=C\C(Br)=C/C. The molecule has 0 aliphatic heterocycles. The highest BCUT2D eigenvalue weighted by Gasteiger charge is 1.94. The third-order valence-electron chi connectivity index (χ3n) is 0.847. The summed E-state index contributed by atoms with van der Waals surface area (Å²) in [6, 6.07) is 0. The van der Waals surface area contributed by atoms with Gasteiger partial charge in [-0.3, -0.25) is 0 Å². The molecule has 56 valence electrons. The first-order valence-electron chi connectivity index (χ1n) is 2.71. The second kappa shape index (κ2) is 4.28. The molecular weight excluding hydrogens is 197 g/mol. The van der Waals surface area contributed by atoms with Gasteiger partial charge >= 0.3 is 0 Å². The van der Waals surface area contributed by atoms with Crippen LogP contribution in [0.3, 0.4) is 0 Å². The molecule has 0 aromatic heterocycles. The third kappa shape index (κ3) is 3.45. The molecule has 0 aliphatic carbocycles. The zero-order valence-electron chi connectivity index (χ0n) is 5.70. The molecule has 1 nitrogen and oxygen atoms in total. The zero-order chi connectivity index (χ0) is 8.15. The van der Waals surface area contributed by atoms with E-state index in [0.717, 1.165) is 0 Å². The van der Waals surface area contributed by atoms with Crippen LogP contribution in [0.25, 0.3) is 0 Å². The summed E-state index contributed by atoms with van der Waals surface area (Å²) in [7, 11) is 0. The van der Waals surface area contributed by atoms with Gasteiger partial charge in [0.05, 0.1) is 5.70 Å². The van der Waals surface area contributed by atoms with E-state index in [2.05, 4.69) is 22.5 Å². The van der Waals surface area contributed by atoms with Crippen LogP contribution in [-0.4, -0.2) is 0 Å². The Morgan fingerprint density at radius 1 is 1.70 bits per heavy atom. The van der Waals surface area contributed by atoms with Crippen molar-refractivity contribution >= 4 is 15.9 Å². The fraction of sp³-hybridized carbons (Fsp3) is 0.143. The Labute approximate surface area is 68.2 Å². The van der Waals surface area contributed by atoms with E-state index in [0.29, 0.717) is 4.48 Å². The number of hydrogen-bond donors (Lipinski definition) is 1. The number of halogens is 2. The average molecular weight is 206 g/mol. The summed E-state index contributed by atoms with van der Waals surface area (Å²) >= 11 is 3.09. The first-order valence-corrected chi connectivity index (χ1v) is 3.51. The van der Waals surface area contributed by atoms with Gasteiger partial charge in [-0.15, -0.1) is 0 Å². The second-order valence-electron chi connectivity index (χ2n) is 1.69. The standard InChI is InChI=1S/C7H9BrFN/c1-3-6(8)4-7(9)5(2)10/h3-4H,2,10H2,1H3/b6-3+,7-4+. The van der Waals surface area contributed by atoms with Crippen LogP contribution in [0.5, 0.6) is 0 Å². The van der Waals surface area contributed by atoms with Gasteiger partial charge in [-0.2, -0.15) is 0 Å². The van der Waals surface area contributed by atoms with E-state index in [-0.39, 0.29) is 5.70 Å². The zero-order valence-corrected chi connectivity index (χ0v) is 7.28. The largest absolute Gasteiger partial charge is 0.397 e. The first kappa shape index (κ1) is 9.43. The lowest BCUT2D eigenvalue weighted by atomic mass is 10.4. The fourth-order valence-corrected chi connectivity index (χ4v) is 0.498. The lowest BCUT2D eigenvalue weighted by Crippen LogP contribution is -1.94. The van der Waals surface area contributed by atoms with Crippen molar-refractivity contribution in [1.29, 1.82) is 0 Å². The van der Waals surface area contributed by atoms with Crippen LogP contribution in [0.1, 0.15) is 6.92 Å². The van der Waals surface area contributed by atoms with Crippen LogP contribution in [0, 0.1) is 0 Å². The molecule has 0 aromatic carbocycles. The van der Waals surface area contributed by atoms with Gasteiger partial charge in [0.15, 0.2) is 0 Å². The van der Waals surface area contributed by atoms with Crippen LogP contribution in [0.4, 0.5) is 4.39 Å². The predicted molar refractivity (Wildman–Crippen MR) is 45.2 cm³/mol. The molecule has 0 heterocycles. The normalized spacial score (nSPS) is 13.5. The molecule has 0 radical (unpaired) electrons. The molecule has 0 aromatic rings. The van der Waals surface area contributed by atoms with Crippen LogP contribution < -0.4 is 5.73 Å². The highest BCUT2D eigenvalue weighted by molar-refractivity contribution is 9.11. The van der Waals surface area contributed by atoms with Crippen molar-refractivity contribution in [2.45, 2.75) is 6.92 Å². The minimum Gasteiger partial charge on any atom is -0.397 e. The Morgan fingerprint density at radius 3 is 2.50 bits per heavy atom. The molecule has 0 amide bonds. The molecular formula is C7H9BrFN. The van der Waals surface area contributed by atoms with Gasteiger partial charge in [-0.25, -0.2) is 4.39 Å². The quantitative estimate of drug-likeness (QED) is 0.690. The molecule has 0 fully saturated rings. The van der Waals surface area contributed by atoms with E-state index in [1.807, 2.05) is 0 Å². The maximum atomic E-state index is 12.5. The monoisotopic (exact) mass is 205 g/mol. The number of hydrogen-bond acceptors (Lipinski definition) is 1. The summed E-state index contributed by atoms with van der Waals surface area (Å²) in [4.78, 5) is 0. The van der Waals surface area contributed by atoms with Gasteiger partial charge in [-0.05, 0) is 13.0 Å². The Morgan fingerprint density at radius 2 is 2.20 bits per heavy atom. The average Bonchev–Trinajstić information content (AvgIpc) is 1.87. The lowest BCUT2D eigenvalue weighted by Gasteiger charge is -1.92. The third-order valence-corrected chi connectivity index (χ3v) is 1.53. The lowest BCUT2D eigenvalue weighted by molar-refractivity contribution is 0.649. The minimum absolute atomic E-state index is 0.0567. The first-order chi connectivity index (χ1) is 4.57. The van der Waals surface area contributed by atoms with E-state index in [9.17, 15) is 4.39 Å². The molecule has 0 unspecified atom stereocenters. The number of allylic oxidation sites excluding steroid dienone is 4. The second-order valence-corrected chi connectivity index (χ2v) is 2.61. The van der Waals surface area contributed by atoms with E-state index in [1.165, 1.54) is 6.08 Å². The predicted octanol–water partition coefficient (Wildman–Crippen LogP) is 2.61. The smallest absolute Gasteiger partial charge is 0.146 e. The van der Waals surface area contributed by atoms with Gasteiger partial charge in [0, 0.05) is 4.48 Å². The van der Waals surface area contributed by atoms with Crippen molar-refractivity contribution in [2.24, 2.45) is 5.73 Å². The van der Waals surface area contributed by atoms with Gasteiger partial charge in [0.25, 0.3) is 0 Å². The van der Waals surface area contributed by atoms with Gasteiger partial charge in [0.2, 0.25) is 0 Å². The highest BCUT2D eigenvalue weighted by Crippen LogP contribution is 2.12. The van der Waals surface area contributed by atoms with E-state index in [4.69, 9.17) is 5.73 Å². The van der Waals surface area contributed by atoms with Crippen molar-refractivity contribution in [3.8, 4) is 0 Å². The summed E-state index contributed by atoms with van der Waals surface area (Å²) in [6.07, 6.45) is 2.98. The van der Waals surface area contributed by atoms with E-state index < -0.39 is 5.83 Å². The minimum atomic E-state index is -0.509. The van der Waals surface area contributed by atoms with Crippen molar-refractivity contribution in [2.75, 3.05) is 0 Å². The summed E-state index contributed by atoms with van der Waals surface area (Å²) in [5, 5.41) is 0. The summed E-state index contributed by atoms with van der Waals surface area (Å²) in [6.45, 7) is 5.01. The number of rotatable bonds is 2. The Kier molecular flexibility index (Phi) is 4.03. The molecule has 2 N–H and O–H groups in total. The van der Waals surface area contributed by atoms with Crippen molar-refractivity contribution in [3.63, 3.8) is 0 Å². The number of nitrogens with two attached hydrogens (primary N) is 1. The van der Waals surface area contributed by atoms with Crippen molar-refractivity contribution < 1.29 is 4.39 Å². The molecule has 0 bridgehead atoms. The summed E-state index contributed by atoms with van der Waals surface area (Å²) in [5.41, 5.74) is 5.00. The molecule has 3 heteroatoms. The maximum Gasteiger partial charge on any atom is 0.146 e. The molecule has 0 saturated heterocycles. The van der Waals surface area contributed by atoms with Crippen LogP contribution in [0.15, 0.2) is 34.7 Å². The summed E-state index contributed by atoms with van der Waals surface area (Å²) < 4.78 is 13.2. The Balaban J connectivity index is 4.31. The summed E-state index contributed by atoms with van der Waals surface area (Å²) in [5.74, 6) is -0.509. The van der Waals surface area contributed by atoms with Crippen LogP contribution in [0.2, 0.25) is 0 Å².